The highest BCUT2D eigenvalue weighted by Crippen LogP contribution is 2.30. The fourth-order valence-electron chi connectivity index (χ4n) is 1.44. The minimum atomic E-state index is -4.26. The number of nitrogens with two attached hydrogens (primary N) is 1. The van der Waals surface area contributed by atoms with Crippen LogP contribution in [0.15, 0.2) is 12.1 Å². The predicted molar refractivity (Wildman–Crippen MR) is 69.6 cm³/mol. The lowest BCUT2D eigenvalue weighted by Crippen LogP contribution is -2.11. The number of aryl methyl sites for hydroxylation is 1. The summed E-state index contributed by atoms with van der Waals surface area (Å²) in [6, 6.07) is 2.91. The number of nitrogens with one attached hydrogen (secondary N) is 1. The molecule has 0 fully saturated rings. The molecule has 0 aromatic heterocycles. The maximum absolute atomic E-state index is 11.9. The Kier molecular flexibility index (Phi) is 4.93. The van der Waals surface area contributed by atoms with Crippen molar-refractivity contribution < 1.29 is 23.1 Å². The van der Waals surface area contributed by atoms with E-state index in [0.717, 1.165) is 0 Å². The number of carboxylic acids is 1. The van der Waals surface area contributed by atoms with Crippen molar-refractivity contribution in [1.82, 2.24) is 0 Å². The second kappa shape index (κ2) is 6.05. The maximum atomic E-state index is 11.9. The van der Waals surface area contributed by atoms with Gasteiger partial charge in [-0.05, 0) is 36.4 Å². The Morgan fingerprint density at radius 1 is 1.47 bits per heavy atom. The standard InChI is InChI=1S/C11H13F3N2O2S/c1-6-4-7(5-8(9(6)15)10(17)18)16-2-3-19-11(12,13)14/h4-5,16H,2-3,15H2,1H3,(H,17,18). The summed E-state index contributed by atoms with van der Waals surface area (Å²) in [6.45, 7) is 1.71. The van der Waals surface area contributed by atoms with E-state index in [1.54, 1.807) is 13.0 Å². The zero-order valence-electron chi connectivity index (χ0n) is 10.0. The molecule has 0 unspecified atom stereocenters. The molecule has 0 bridgehead atoms. The number of carboxylic acid groups (broad SMARTS) is 1. The zero-order valence-corrected chi connectivity index (χ0v) is 10.9. The van der Waals surface area contributed by atoms with Crippen LogP contribution < -0.4 is 11.1 Å². The first-order valence-corrected chi connectivity index (χ1v) is 6.27. The number of rotatable bonds is 5. The van der Waals surface area contributed by atoms with Crippen LogP contribution in [-0.4, -0.2) is 28.9 Å². The Balaban J connectivity index is 2.67. The van der Waals surface area contributed by atoms with Crippen LogP contribution in [0.4, 0.5) is 24.5 Å². The largest absolute Gasteiger partial charge is 0.478 e. The molecule has 0 aliphatic heterocycles. The Morgan fingerprint density at radius 2 is 2.11 bits per heavy atom. The van der Waals surface area contributed by atoms with Gasteiger partial charge in [-0.3, -0.25) is 0 Å². The molecule has 4 nitrogen and oxygen atoms in total. The summed E-state index contributed by atoms with van der Waals surface area (Å²) in [5, 5.41) is 11.7. The molecule has 0 atom stereocenters. The molecule has 1 aromatic carbocycles. The van der Waals surface area contributed by atoms with Gasteiger partial charge in [0.15, 0.2) is 0 Å². The number of anilines is 2. The fourth-order valence-corrected chi connectivity index (χ4v) is 1.88. The fraction of sp³-hybridized carbons (Fsp3) is 0.364. The van der Waals surface area contributed by atoms with Crippen LogP contribution in [0.25, 0.3) is 0 Å². The zero-order chi connectivity index (χ0) is 14.6. The summed E-state index contributed by atoms with van der Waals surface area (Å²) in [5.74, 6) is -1.33. The van der Waals surface area contributed by atoms with Crippen LogP contribution in [0.3, 0.4) is 0 Å². The van der Waals surface area contributed by atoms with Gasteiger partial charge < -0.3 is 16.2 Å². The molecule has 1 aromatic rings. The number of nitrogen functional groups attached to an aromatic ring is 1. The lowest BCUT2D eigenvalue weighted by atomic mass is 10.1. The molecular weight excluding hydrogens is 281 g/mol. The van der Waals surface area contributed by atoms with E-state index in [1.807, 2.05) is 0 Å². The third-order valence-corrected chi connectivity index (χ3v) is 3.05. The molecule has 106 valence electrons. The summed E-state index contributed by atoms with van der Waals surface area (Å²) in [6.07, 6.45) is 0. The minimum Gasteiger partial charge on any atom is -0.478 e. The Hall–Kier alpha value is -1.57. The molecule has 8 heteroatoms. The smallest absolute Gasteiger partial charge is 0.441 e. The predicted octanol–water partition coefficient (Wildman–Crippen LogP) is 2.94. The van der Waals surface area contributed by atoms with E-state index in [2.05, 4.69) is 5.32 Å². The molecule has 1 rings (SSSR count). The first kappa shape index (κ1) is 15.5. The second-order valence-electron chi connectivity index (χ2n) is 3.78. The molecule has 0 amide bonds. The summed E-state index contributed by atoms with van der Waals surface area (Å²) in [5.41, 5.74) is 2.43. The van der Waals surface area contributed by atoms with Crippen molar-refractivity contribution in [3.05, 3.63) is 23.3 Å². The first-order valence-electron chi connectivity index (χ1n) is 5.28. The van der Waals surface area contributed by atoms with Crippen LogP contribution in [-0.2, 0) is 0 Å². The highest BCUT2D eigenvalue weighted by Gasteiger charge is 2.27. The van der Waals surface area contributed by atoms with Crippen LogP contribution in [0.5, 0.6) is 0 Å². The average molecular weight is 294 g/mol. The van der Waals surface area contributed by atoms with E-state index in [0.29, 0.717) is 11.3 Å². The summed E-state index contributed by atoms with van der Waals surface area (Å²) >= 11 is -0.133. The number of hydrogen-bond donors (Lipinski definition) is 3. The van der Waals surface area contributed by atoms with E-state index in [9.17, 15) is 18.0 Å². The monoisotopic (exact) mass is 294 g/mol. The van der Waals surface area contributed by atoms with E-state index in [1.165, 1.54) is 6.07 Å². The summed E-state index contributed by atoms with van der Waals surface area (Å²) in [4.78, 5) is 10.9. The van der Waals surface area contributed by atoms with Crippen molar-refractivity contribution >= 4 is 29.1 Å². The number of benzene rings is 1. The first-order chi connectivity index (χ1) is 8.70. The van der Waals surface area contributed by atoms with Crippen molar-refractivity contribution in [1.29, 1.82) is 0 Å². The highest BCUT2D eigenvalue weighted by molar-refractivity contribution is 8.00. The molecule has 0 heterocycles. The summed E-state index contributed by atoms with van der Waals surface area (Å²) < 4.78 is 35.7. The number of aromatic carboxylic acids is 1. The Labute approximate surface area is 112 Å². The van der Waals surface area contributed by atoms with Gasteiger partial charge in [-0.25, -0.2) is 4.79 Å². The summed E-state index contributed by atoms with van der Waals surface area (Å²) in [7, 11) is 0. The number of carbonyl (C=O) groups is 1. The second-order valence-corrected chi connectivity index (χ2v) is 4.94. The van der Waals surface area contributed by atoms with Crippen LogP contribution in [0.1, 0.15) is 15.9 Å². The average Bonchev–Trinajstić information content (AvgIpc) is 2.27. The molecule has 0 saturated heterocycles. The van der Waals surface area contributed by atoms with Crippen LogP contribution in [0, 0.1) is 6.92 Å². The SMILES string of the molecule is Cc1cc(NCCSC(F)(F)F)cc(C(=O)O)c1N. The van der Waals surface area contributed by atoms with Gasteiger partial charge in [0.1, 0.15) is 0 Å². The number of thioether (sulfide) groups is 1. The molecule has 19 heavy (non-hydrogen) atoms. The van der Waals surface area contributed by atoms with Gasteiger partial charge in [0, 0.05) is 23.7 Å². The topological polar surface area (TPSA) is 75.3 Å². The van der Waals surface area contributed by atoms with Gasteiger partial charge in [0.2, 0.25) is 0 Å². The van der Waals surface area contributed by atoms with E-state index < -0.39 is 11.5 Å². The number of halogens is 3. The van der Waals surface area contributed by atoms with Gasteiger partial charge in [0.05, 0.1) is 5.56 Å². The lowest BCUT2D eigenvalue weighted by Gasteiger charge is -2.11. The van der Waals surface area contributed by atoms with Gasteiger partial charge >= 0.3 is 11.5 Å². The molecule has 0 aliphatic carbocycles. The van der Waals surface area contributed by atoms with E-state index in [4.69, 9.17) is 10.8 Å². The van der Waals surface area contributed by atoms with Crippen molar-refractivity contribution in [2.24, 2.45) is 0 Å². The Bertz CT molecular complexity index is 478. The highest BCUT2D eigenvalue weighted by atomic mass is 32.2. The lowest BCUT2D eigenvalue weighted by molar-refractivity contribution is -0.0327. The van der Waals surface area contributed by atoms with E-state index >= 15 is 0 Å². The van der Waals surface area contributed by atoms with Crippen LogP contribution >= 0.6 is 11.8 Å². The van der Waals surface area contributed by atoms with E-state index in [-0.39, 0.29) is 35.3 Å². The van der Waals surface area contributed by atoms with Gasteiger partial charge in [0.25, 0.3) is 0 Å². The number of hydrogen-bond acceptors (Lipinski definition) is 4. The number of alkyl halides is 3. The van der Waals surface area contributed by atoms with Crippen molar-refractivity contribution in [2.75, 3.05) is 23.3 Å². The van der Waals surface area contributed by atoms with Gasteiger partial charge in [-0.2, -0.15) is 13.2 Å². The molecule has 4 N–H and O–H groups in total. The van der Waals surface area contributed by atoms with Crippen molar-refractivity contribution in [3.63, 3.8) is 0 Å². The maximum Gasteiger partial charge on any atom is 0.441 e. The van der Waals surface area contributed by atoms with Crippen molar-refractivity contribution in [2.45, 2.75) is 12.4 Å². The molecule has 0 spiro atoms. The normalized spacial score (nSPS) is 11.4. The van der Waals surface area contributed by atoms with Gasteiger partial charge in [-0.15, -0.1) is 0 Å². The molecule has 0 radical (unpaired) electrons. The third-order valence-electron chi connectivity index (χ3n) is 2.31. The Morgan fingerprint density at radius 3 is 2.63 bits per heavy atom. The molecular formula is C11H13F3N2O2S. The van der Waals surface area contributed by atoms with Crippen molar-refractivity contribution in [3.8, 4) is 0 Å². The third kappa shape index (κ3) is 4.90. The quantitative estimate of drug-likeness (QED) is 0.575. The molecule has 0 aliphatic rings. The van der Waals surface area contributed by atoms with Gasteiger partial charge in [-0.1, -0.05) is 0 Å². The minimum absolute atomic E-state index is 0.0639. The molecule has 0 saturated carbocycles. The van der Waals surface area contributed by atoms with Crippen LogP contribution in [0.2, 0.25) is 0 Å².